The van der Waals surface area contributed by atoms with E-state index in [0.717, 1.165) is 42.8 Å². The monoisotopic (exact) mass is 418 g/mol. The number of aromatic nitrogens is 2. The highest BCUT2D eigenvalue weighted by molar-refractivity contribution is 5.76. The average molecular weight is 418 g/mol. The van der Waals surface area contributed by atoms with E-state index >= 15 is 0 Å². The molecule has 1 N–H and O–H groups in total. The molecule has 0 unspecified atom stereocenters. The van der Waals surface area contributed by atoms with Crippen molar-refractivity contribution in [1.82, 2.24) is 14.9 Å². The number of nitriles is 1. The highest BCUT2D eigenvalue weighted by Crippen LogP contribution is 2.29. The molecule has 0 aliphatic carbocycles. The number of ether oxygens (including phenoxy) is 2. The molecule has 7 heteroatoms. The number of rotatable bonds is 7. The fraction of sp³-hybridized carbons (Fsp3) is 0.375. The molecule has 160 valence electrons. The number of H-pyrrole nitrogens is 1. The number of imidazole rings is 1. The van der Waals surface area contributed by atoms with E-state index in [9.17, 15) is 4.79 Å². The van der Waals surface area contributed by atoms with Crippen LogP contribution in [-0.2, 0) is 4.79 Å². The van der Waals surface area contributed by atoms with Gasteiger partial charge in [0.1, 0.15) is 5.82 Å². The average Bonchev–Trinajstić information content (AvgIpc) is 3.26. The molecule has 31 heavy (non-hydrogen) atoms. The van der Waals surface area contributed by atoms with Crippen LogP contribution < -0.4 is 9.47 Å². The van der Waals surface area contributed by atoms with Gasteiger partial charge in [-0.2, -0.15) is 5.26 Å². The van der Waals surface area contributed by atoms with Gasteiger partial charge in [0.05, 0.1) is 36.4 Å². The first kappa shape index (κ1) is 20.7. The Morgan fingerprint density at radius 3 is 2.77 bits per heavy atom. The lowest BCUT2D eigenvalue weighted by molar-refractivity contribution is -0.132. The molecule has 1 aliphatic rings. The summed E-state index contributed by atoms with van der Waals surface area (Å²) in [4.78, 5) is 22.7. The number of nitrogens with zero attached hydrogens (tertiary/aromatic N) is 3. The van der Waals surface area contributed by atoms with E-state index < -0.39 is 0 Å². The summed E-state index contributed by atoms with van der Waals surface area (Å²) in [5, 5.41) is 8.97. The second kappa shape index (κ2) is 9.52. The lowest BCUT2D eigenvalue weighted by atomic mass is 9.96. The molecule has 2 heterocycles. The van der Waals surface area contributed by atoms with Gasteiger partial charge in [0.2, 0.25) is 5.91 Å². The molecule has 7 nitrogen and oxygen atoms in total. The van der Waals surface area contributed by atoms with Gasteiger partial charge in [0, 0.05) is 31.5 Å². The van der Waals surface area contributed by atoms with Crippen molar-refractivity contribution in [2.24, 2.45) is 0 Å². The first-order valence-electron chi connectivity index (χ1n) is 10.6. The number of hydrogen-bond acceptors (Lipinski definition) is 5. The minimum atomic E-state index is 0.165. The summed E-state index contributed by atoms with van der Waals surface area (Å²) in [5.41, 5.74) is 2.58. The molecule has 0 radical (unpaired) electrons. The lowest BCUT2D eigenvalue weighted by Crippen LogP contribution is -2.38. The van der Waals surface area contributed by atoms with Crippen LogP contribution in [0.3, 0.4) is 0 Å². The smallest absolute Gasteiger partial charge is 0.222 e. The van der Waals surface area contributed by atoms with Crippen molar-refractivity contribution in [2.75, 3.05) is 26.8 Å². The maximum atomic E-state index is 12.6. The number of amides is 1. The maximum absolute atomic E-state index is 12.6. The standard InChI is InChI=1S/C24H26N4O3/c1-30-22-15-17(16-25)8-9-21(22)31-14-4-7-23(29)28-12-10-18(11-13-28)24-26-19-5-2-3-6-20(19)27-24/h2-3,5-6,8-9,15,18H,4,7,10-14H2,1H3,(H,26,27). The Balaban J connectivity index is 1.22. The fourth-order valence-corrected chi connectivity index (χ4v) is 3.99. The molecule has 0 saturated carbocycles. The van der Waals surface area contributed by atoms with Gasteiger partial charge in [0.25, 0.3) is 0 Å². The van der Waals surface area contributed by atoms with Crippen LogP contribution in [0.4, 0.5) is 0 Å². The third kappa shape index (κ3) is 4.80. The third-order valence-corrected chi connectivity index (χ3v) is 5.73. The van der Waals surface area contributed by atoms with Crippen molar-refractivity contribution in [1.29, 1.82) is 5.26 Å². The fourth-order valence-electron chi connectivity index (χ4n) is 3.99. The first-order chi connectivity index (χ1) is 15.2. The number of benzene rings is 2. The van der Waals surface area contributed by atoms with E-state index in [0.29, 0.717) is 42.4 Å². The van der Waals surface area contributed by atoms with E-state index in [1.165, 1.54) is 0 Å². The van der Waals surface area contributed by atoms with Gasteiger partial charge < -0.3 is 19.4 Å². The Kier molecular flexibility index (Phi) is 6.37. The van der Waals surface area contributed by atoms with Crippen LogP contribution in [0.5, 0.6) is 11.5 Å². The van der Waals surface area contributed by atoms with Crippen LogP contribution in [0, 0.1) is 11.3 Å². The molecule has 1 aliphatic heterocycles. The third-order valence-electron chi connectivity index (χ3n) is 5.73. The number of carbonyl (C=O) groups excluding carboxylic acids is 1. The summed E-state index contributed by atoms with van der Waals surface area (Å²) >= 11 is 0. The topological polar surface area (TPSA) is 91.2 Å². The predicted octanol–water partition coefficient (Wildman–Crippen LogP) is 4.01. The van der Waals surface area contributed by atoms with Crippen LogP contribution in [0.15, 0.2) is 42.5 Å². The molecule has 0 spiro atoms. The second-order valence-electron chi connectivity index (χ2n) is 7.72. The Hall–Kier alpha value is -3.53. The van der Waals surface area contributed by atoms with Gasteiger partial charge in [-0.05, 0) is 43.5 Å². The molecular weight excluding hydrogens is 392 g/mol. The van der Waals surface area contributed by atoms with Crippen LogP contribution in [0.2, 0.25) is 0 Å². The number of para-hydroxylation sites is 2. The van der Waals surface area contributed by atoms with Gasteiger partial charge in [-0.1, -0.05) is 12.1 Å². The Morgan fingerprint density at radius 2 is 2.03 bits per heavy atom. The number of methoxy groups -OCH3 is 1. The van der Waals surface area contributed by atoms with Crippen molar-refractivity contribution in [2.45, 2.75) is 31.6 Å². The van der Waals surface area contributed by atoms with E-state index in [-0.39, 0.29) is 5.91 Å². The van der Waals surface area contributed by atoms with Crippen LogP contribution in [0.25, 0.3) is 11.0 Å². The zero-order valence-corrected chi connectivity index (χ0v) is 17.6. The molecule has 2 aromatic carbocycles. The quantitative estimate of drug-likeness (QED) is 0.586. The predicted molar refractivity (Wildman–Crippen MR) is 117 cm³/mol. The minimum Gasteiger partial charge on any atom is -0.493 e. The Labute approximate surface area is 181 Å². The molecule has 3 aromatic rings. The van der Waals surface area contributed by atoms with E-state index in [1.807, 2.05) is 29.2 Å². The molecular formula is C24H26N4O3. The van der Waals surface area contributed by atoms with Gasteiger partial charge in [0.15, 0.2) is 11.5 Å². The number of carbonyl (C=O) groups is 1. The van der Waals surface area contributed by atoms with Crippen molar-refractivity contribution in [3.63, 3.8) is 0 Å². The van der Waals surface area contributed by atoms with E-state index in [4.69, 9.17) is 19.7 Å². The number of piperidine rings is 1. The summed E-state index contributed by atoms with van der Waals surface area (Å²) in [6, 6.07) is 15.2. The van der Waals surface area contributed by atoms with Crippen molar-refractivity contribution >= 4 is 16.9 Å². The number of nitrogens with one attached hydrogen (secondary N) is 1. The normalized spacial score (nSPS) is 14.4. The van der Waals surface area contributed by atoms with Crippen LogP contribution >= 0.6 is 0 Å². The van der Waals surface area contributed by atoms with Crippen molar-refractivity contribution < 1.29 is 14.3 Å². The zero-order chi connectivity index (χ0) is 21.6. The van der Waals surface area contributed by atoms with Crippen molar-refractivity contribution in [3.05, 3.63) is 53.9 Å². The summed E-state index contributed by atoms with van der Waals surface area (Å²) < 4.78 is 11.0. The zero-order valence-electron chi connectivity index (χ0n) is 17.6. The Bertz CT molecular complexity index is 1060. The molecule has 1 aromatic heterocycles. The number of aromatic amines is 1. The maximum Gasteiger partial charge on any atom is 0.222 e. The second-order valence-corrected chi connectivity index (χ2v) is 7.72. The van der Waals surface area contributed by atoms with Crippen molar-refractivity contribution in [3.8, 4) is 17.6 Å². The largest absolute Gasteiger partial charge is 0.493 e. The first-order valence-corrected chi connectivity index (χ1v) is 10.6. The molecule has 1 fully saturated rings. The van der Waals surface area contributed by atoms with Gasteiger partial charge in [-0.3, -0.25) is 4.79 Å². The van der Waals surface area contributed by atoms with Gasteiger partial charge in [-0.25, -0.2) is 4.98 Å². The minimum absolute atomic E-state index is 0.165. The molecule has 1 amide bonds. The molecule has 0 atom stereocenters. The van der Waals surface area contributed by atoms with E-state index in [2.05, 4.69) is 11.1 Å². The molecule has 0 bridgehead atoms. The highest BCUT2D eigenvalue weighted by atomic mass is 16.5. The Morgan fingerprint density at radius 1 is 1.23 bits per heavy atom. The van der Waals surface area contributed by atoms with Gasteiger partial charge >= 0.3 is 0 Å². The lowest BCUT2D eigenvalue weighted by Gasteiger charge is -2.31. The SMILES string of the molecule is COc1cc(C#N)ccc1OCCCC(=O)N1CCC(c2nc3ccccc3[nH]2)CC1. The van der Waals surface area contributed by atoms with Crippen LogP contribution in [-0.4, -0.2) is 47.6 Å². The van der Waals surface area contributed by atoms with Crippen LogP contribution in [0.1, 0.15) is 43.0 Å². The molecule has 1 saturated heterocycles. The summed E-state index contributed by atoms with van der Waals surface area (Å²) in [6.45, 7) is 1.93. The number of likely N-dealkylation sites (tertiary alicyclic amines) is 1. The summed E-state index contributed by atoms with van der Waals surface area (Å²) in [6.07, 6.45) is 2.92. The number of fused-ring (bicyclic) bond motifs is 1. The molecule has 4 rings (SSSR count). The van der Waals surface area contributed by atoms with E-state index in [1.54, 1.807) is 25.3 Å². The summed E-state index contributed by atoms with van der Waals surface area (Å²) in [5.74, 6) is 2.67. The summed E-state index contributed by atoms with van der Waals surface area (Å²) in [7, 11) is 1.54. The van der Waals surface area contributed by atoms with Gasteiger partial charge in [-0.15, -0.1) is 0 Å². The number of hydrogen-bond donors (Lipinski definition) is 1. The highest BCUT2D eigenvalue weighted by Gasteiger charge is 2.25.